The number of piperazine rings is 1. The number of hydrogen-bond donors (Lipinski definition) is 1. The highest BCUT2D eigenvalue weighted by atomic mass is 32.2. The van der Waals surface area contributed by atoms with Crippen molar-refractivity contribution < 1.29 is 13.5 Å². The molecule has 1 heterocycles. The fraction of sp³-hybridized carbons (Fsp3) is 0.917. The topological polar surface area (TPSA) is 84.6 Å². The predicted octanol–water partition coefficient (Wildman–Crippen LogP) is 0.00688. The van der Waals surface area contributed by atoms with Gasteiger partial charge in [-0.05, 0) is 20.3 Å². The average Bonchev–Trinajstić information content (AvgIpc) is 2.28. The van der Waals surface area contributed by atoms with Crippen molar-refractivity contribution in [2.45, 2.75) is 38.0 Å². The molecule has 0 amide bonds. The molecule has 1 aliphatic heterocycles. The minimum atomic E-state index is -3.51. The molecule has 1 unspecified atom stereocenters. The molecule has 1 aliphatic rings. The molecule has 0 saturated carbocycles. The summed E-state index contributed by atoms with van der Waals surface area (Å²) < 4.78 is 25.7. The zero-order valence-electron chi connectivity index (χ0n) is 11.8. The zero-order valence-corrected chi connectivity index (χ0v) is 12.7. The van der Waals surface area contributed by atoms with Gasteiger partial charge in [-0.1, -0.05) is 6.92 Å². The molecule has 0 spiro atoms. The van der Waals surface area contributed by atoms with Gasteiger partial charge in [-0.3, -0.25) is 4.90 Å². The number of nitrogens with zero attached hydrogens (tertiary/aromatic N) is 3. The molecule has 19 heavy (non-hydrogen) atoms. The first kappa shape index (κ1) is 16.4. The molecule has 1 atom stereocenters. The van der Waals surface area contributed by atoms with Crippen LogP contribution in [0.2, 0.25) is 0 Å². The maximum Gasteiger partial charge on any atom is 0.230 e. The van der Waals surface area contributed by atoms with Crippen molar-refractivity contribution >= 4 is 10.0 Å². The fourth-order valence-corrected chi connectivity index (χ4v) is 3.82. The van der Waals surface area contributed by atoms with Crippen LogP contribution in [-0.4, -0.2) is 66.3 Å². The van der Waals surface area contributed by atoms with E-state index in [1.807, 2.05) is 11.0 Å². The largest absolute Gasteiger partial charge is 0.389 e. The van der Waals surface area contributed by atoms with Crippen LogP contribution in [0.4, 0.5) is 0 Å². The van der Waals surface area contributed by atoms with Crippen molar-refractivity contribution in [1.29, 1.82) is 5.26 Å². The molecule has 0 aromatic carbocycles. The summed E-state index contributed by atoms with van der Waals surface area (Å²) in [7, 11) is -3.51. The van der Waals surface area contributed by atoms with E-state index in [-0.39, 0.29) is 0 Å². The first-order valence-electron chi connectivity index (χ1n) is 6.54. The lowest BCUT2D eigenvalue weighted by atomic mass is 10.1. The first-order chi connectivity index (χ1) is 8.70. The van der Waals surface area contributed by atoms with Crippen LogP contribution < -0.4 is 0 Å². The van der Waals surface area contributed by atoms with Crippen molar-refractivity contribution in [3.8, 4) is 6.07 Å². The molecule has 0 aromatic rings. The van der Waals surface area contributed by atoms with Gasteiger partial charge in [0, 0.05) is 32.7 Å². The van der Waals surface area contributed by atoms with Crippen LogP contribution in [0.1, 0.15) is 27.2 Å². The zero-order chi connectivity index (χ0) is 14.7. The molecule has 0 radical (unpaired) electrons. The lowest BCUT2D eigenvalue weighted by Crippen LogP contribution is -2.53. The highest BCUT2D eigenvalue weighted by Crippen LogP contribution is 2.16. The van der Waals surface area contributed by atoms with E-state index in [2.05, 4.69) is 0 Å². The van der Waals surface area contributed by atoms with Crippen molar-refractivity contribution in [3.63, 3.8) is 0 Å². The van der Waals surface area contributed by atoms with Crippen LogP contribution >= 0.6 is 0 Å². The van der Waals surface area contributed by atoms with Gasteiger partial charge in [0.05, 0.1) is 11.7 Å². The number of aliphatic hydroxyl groups is 1. The Morgan fingerprint density at radius 1 is 1.32 bits per heavy atom. The van der Waals surface area contributed by atoms with Gasteiger partial charge in [-0.25, -0.2) is 8.42 Å². The second-order valence-corrected chi connectivity index (χ2v) is 7.67. The summed E-state index contributed by atoms with van der Waals surface area (Å²) in [5.74, 6) is 0. The van der Waals surface area contributed by atoms with E-state index in [1.165, 1.54) is 4.31 Å². The molecule has 7 heteroatoms. The first-order valence-corrected chi connectivity index (χ1v) is 8.04. The third kappa shape index (κ3) is 4.42. The Morgan fingerprint density at radius 3 is 2.21 bits per heavy atom. The third-order valence-electron chi connectivity index (χ3n) is 3.18. The van der Waals surface area contributed by atoms with Crippen LogP contribution in [0, 0.1) is 11.3 Å². The average molecular weight is 289 g/mol. The highest BCUT2D eigenvalue weighted by molar-refractivity contribution is 7.90. The van der Waals surface area contributed by atoms with Gasteiger partial charge in [-0.15, -0.1) is 0 Å². The fourth-order valence-electron chi connectivity index (χ4n) is 2.24. The van der Waals surface area contributed by atoms with Gasteiger partial charge in [0.1, 0.15) is 0 Å². The second kappa shape index (κ2) is 6.18. The number of rotatable bonds is 5. The molecule has 0 bridgehead atoms. The number of nitriles is 1. The smallest absolute Gasteiger partial charge is 0.230 e. The Hall–Kier alpha value is -0.680. The van der Waals surface area contributed by atoms with E-state index in [0.29, 0.717) is 39.1 Å². The van der Waals surface area contributed by atoms with Gasteiger partial charge in [0.2, 0.25) is 10.0 Å². The SMILES string of the molecule is CCC(C#N)S(=O)(=O)N1CCN(CC(C)(C)O)CC1. The Balaban J connectivity index is 2.62. The van der Waals surface area contributed by atoms with Gasteiger partial charge in [-0.2, -0.15) is 9.57 Å². The molecule has 1 saturated heterocycles. The van der Waals surface area contributed by atoms with Crippen molar-refractivity contribution in [1.82, 2.24) is 9.21 Å². The summed E-state index contributed by atoms with van der Waals surface area (Å²) in [6, 6.07) is 1.86. The summed E-state index contributed by atoms with van der Waals surface area (Å²) >= 11 is 0. The molecule has 1 fully saturated rings. The molecular weight excluding hydrogens is 266 g/mol. The molecular formula is C12H23N3O3S. The summed E-state index contributed by atoms with van der Waals surface area (Å²) in [5.41, 5.74) is -0.778. The Kier molecular flexibility index (Phi) is 5.33. The quantitative estimate of drug-likeness (QED) is 0.770. The summed E-state index contributed by atoms with van der Waals surface area (Å²) in [5, 5.41) is 17.7. The molecule has 1 rings (SSSR count). The maximum absolute atomic E-state index is 12.2. The maximum atomic E-state index is 12.2. The van der Waals surface area contributed by atoms with E-state index >= 15 is 0 Å². The number of β-amino-alcohol motifs (C(OH)–C–C–N with tert-alkyl or cyclic N) is 1. The van der Waals surface area contributed by atoms with Gasteiger partial charge < -0.3 is 5.11 Å². The molecule has 6 nitrogen and oxygen atoms in total. The van der Waals surface area contributed by atoms with Crippen LogP contribution in [0.3, 0.4) is 0 Å². The molecule has 110 valence electrons. The lowest BCUT2D eigenvalue weighted by molar-refractivity contribution is 0.0262. The van der Waals surface area contributed by atoms with E-state index < -0.39 is 20.9 Å². The minimum Gasteiger partial charge on any atom is -0.389 e. The normalized spacial score (nSPS) is 21.0. The van der Waals surface area contributed by atoms with Gasteiger partial charge in [0.25, 0.3) is 0 Å². The van der Waals surface area contributed by atoms with E-state index in [0.717, 1.165) is 0 Å². The van der Waals surface area contributed by atoms with Crippen molar-refractivity contribution in [2.24, 2.45) is 0 Å². The van der Waals surface area contributed by atoms with Crippen LogP contribution in [0.15, 0.2) is 0 Å². The Morgan fingerprint density at radius 2 is 1.84 bits per heavy atom. The number of hydrogen-bond acceptors (Lipinski definition) is 5. The minimum absolute atomic E-state index is 0.308. The second-order valence-electron chi connectivity index (χ2n) is 5.56. The van der Waals surface area contributed by atoms with Crippen molar-refractivity contribution in [2.75, 3.05) is 32.7 Å². The molecule has 1 N–H and O–H groups in total. The lowest BCUT2D eigenvalue weighted by Gasteiger charge is -2.37. The monoisotopic (exact) mass is 289 g/mol. The van der Waals surface area contributed by atoms with E-state index in [9.17, 15) is 13.5 Å². The third-order valence-corrected chi connectivity index (χ3v) is 5.42. The summed E-state index contributed by atoms with van der Waals surface area (Å²) in [4.78, 5) is 2.04. The summed E-state index contributed by atoms with van der Waals surface area (Å²) in [6.07, 6.45) is 0.308. The van der Waals surface area contributed by atoms with E-state index in [4.69, 9.17) is 5.26 Å². The van der Waals surface area contributed by atoms with Crippen molar-refractivity contribution in [3.05, 3.63) is 0 Å². The summed E-state index contributed by atoms with van der Waals surface area (Å²) in [6.45, 7) is 7.65. The van der Waals surface area contributed by atoms with Crippen LogP contribution in [0.5, 0.6) is 0 Å². The predicted molar refractivity (Wildman–Crippen MR) is 72.9 cm³/mol. The Labute approximate surface area is 115 Å². The van der Waals surface area contributed by atoms with Crippen LogP contribution in [-0.2, 0) is 10.0 Å². The molecule has 0 aliphatic carbocycles. The Bertz CT molecular complexity index is 428. The van der Waals surface area contributed by atoms with Crippen LogP contribution in [0.25, 0.3) is 0 Å². The number of sulfonamides is 1. The molecule has 0 aromatic heterocycles. The van der Waals surface area contributed by atoms with E-state index in [1.54, 1.807) is 20.8 Å². The van der Waals surface area contributed by atoms with Gasteiger partial charge >= 0.3 is 0 Å². The highest BCUT2D eigenvalue weighted by Gasteiger charge is 2.34. The van der Waals surface area contributed by atoms with Gasteiger partial charge in [0.15, 0.2) is 5.25 Å². The standard InChI is InChI=1S/C12H23N3O3S/c1-4-11(9-13)19(17,18)15-7-5-14(6-8-15)10-12(2,3)16/h11,16H,4-8,10H2,1-3H3.